The molecule has 8 heteroatoms. The summed E-state index contributed by atoms with van der Waals surface area (Å²) < 4.78 is 2.26. The van der Waals surface area contributed by atoms with Crippen molar-refractivity contribution >= 4 is 40.4 Å². The molecule has 1 aliphatic carbocycles. The Morgan fingerprint density at radius 2 is 1.77 bits per heavy atom. The molecule has 172 valence electrons. The average Bonchev–Trinajstić information content (AvgIpc) is 3.18. The van der Waals surface area contributed by atoms with Gasteiger partial charge in [-0.2, -0.15) is 0 Å². The number of fused-ring (bicyclic) bond motifs is 3. The van der Waals surface area contributed by atoms with E-state index in [0.29, 0.717) is 19.9 Å². The van der Waals surface area contributed by atoms with Crippen LogP contribution in [0.2, 0.25) is 5.02 Å². The highest BCUT2D eigenvalue weighted by Gasteiger charge is 2.33. The van der Waals surface area contributed by atoms with E-state index in [1.54, 1.807) is 22.8 Å². The number of nitrogens with zero attached hydrogens (tertiary/aromatic N) is 3. The van der Waals surface area contributed by atoms with E-state index in [1.807, 2.05) is 36.4 Å². The van der Waals surface area contributed by atoms with Crippen molar-refractivity contribution in [3.63, 3.8) is 0 Å². The van der Waals surface area contributed by atoms with Gasteiger partial charge in [0, 0.05) is 22.7 Å². The molecule has 0 spiro atoms. The summed E-state index contributed by atoms with van der Waals surface area (Å²) in [6.45, 7) is 0. The maximum atomic E-state index is 13.7. The van der Waals surface area contributed by atoms with Gasteiger partial charge in [-0.1, -0.05) is 65.4 Å². The van der Waals surface area contributed by atoms with Crippen LogP contribution in [0.25, 0.3) is 11.8 Å². The third-order valence-corrected chi connectivity index (χ3v) is 7.80. The largest absolute Gasteiger partial charge is 0.272 e. The number of benzene rings is 3. The number of allylic oxidation sites excluding steroid dienone is 1. The Labute approximate surface area is 208 Å². The van der Waals surface area contributed by atoms with Gasteiger partial charge in [0.25, 0.3) is 11.2 Å². The standard InChI is InChI=1S/C27H18ClN3O3S/c28-22-8-4-3-7-20(22)25-21-14-11-17-5-1-2-6-19(17)24(21)29-27-30(25)26(32)23(35-27)15-16-9-12-18(13-10-16)31(33)34/h1-10,12-13,15,25H,11,14H2. The number of non-ortho nitro benzene ring substituents is 1. The van der Waals surface area contributed by atoms with Gasteiger partial charge < -0.3 is 0 Å². The lowest BCUT2D eigenvalue weighted by molar-refractivity contribution is -0.384. The Morgan fingerprint density at radius 3 is 2.54 bits per heavy atom. The predicted octanol–water partition coefficient (Wildman–Crippen LogP) is 4.88. The Bertz CT molecular complexity index is 1720. The van der Waals surface area contributed by atoms with Crippen LogP contribution in [-0.4, -0.2) is 9.49 Å². The lowest BCUT2D eigenvalue weighted by Gasteiger charge is -2.31. The molecule has 2 aliphatic rings. The summed E-state index contributed by atoms with van der Waals surface area (Å²) in [6, 6.07) is 21.7. The normalized spacial score (nSPS) is 16.8. The molecule has 0 fully saturated rings. The van der Waals surface area contributed by atoms with Crippen molar-refractivity contribution in [2.24, 2.45) is 4.99 Å². The van der Waals surface area contributed by atoms with Gasteiger partial charge in [0.05, 0.1) is 21.2 Å². The fourth-order valence-corrected chi connectivity index (χ4v) is 6.08. The third-order valence-electron chi connectivity index (χ3n) is 6.47. The maximum Gasteiger partial charge on any atom is 0.271 e. The minimum Gasteiger partial charge on any atom is -0.272 e. The van der Waals surface area contributed by atoms with E-state index in [0.717, 1.165) is 35.2 Å². The molecule has 0 saturated heterocycles. The summed E-state index contributed by atoms with van der Waals surface area (Å²) >= 11 is 7.98. The highest BCUT2D eigenvalue weighted by Crippen LogP contribution is 2.42. The molecule has 0 bridgehead atoms. The van der Waals surface area contributed by atoms with Crippen LogP contribution in [0.5, 0.6) is 0 Å². The molecule has 1 aromatic heterocycles. The fraction of sp³-hybridized carbons (Fsp3) is 0.111. The SMILES string of the molecule is O=c1c(=Cc2ccc([N+](=O)[O-])cc2)sc2n1C(c1ccccc1Cl)C1=C(N=2)c2ccccc2CC1. The van der Waals surface area contributed by atoms with Crippen LogP contribution in [0.3, 0.4) is 0 Å². The quantitative estimate of drug-likeness (QED) is 0.298. The lowest BCUT2D eigenvalue weighted by Crippen LogP contribution is -2.38. The highest BCUT2D eigenvalue weighted by atomic mass is 35.5. The second-order valence-electron chi connectivity index (χ2n) is 8.48. The second kappa shape index (κ2) is 8.45. The van der Waals surface area contributed by atoms with E-state index in [2.05, 4.69) is 12.1 Å². The van der Waals surface area contributed by atoms with Crippen LogP contribution in [0, 0.1) is 10.1 Å². The maximum absolute atomic E-state index is 13.7. The van der Waals surface area contributed by atoms with E-state index >= 15 is 0 Å². The van der Waals surface area contributed by atoms with Crippen LogP contribution in [0.1, 0.15) is 34.7 Å². The Balaban J connectivity index is 1.59. The van der Waals surface area contributed by atoms with Gasteiger partial charge in [-0.25, -0.2) is 4.99 Å². The number of aryl methyl sites for hydroxylation is 1. The topological polar surface area (TPSA) is 77.5 Å². The first-order valence-corrected chi connectivity index (χ1v) is 12.3. The Kier molecular flexibility index (Phi) is 5.24. The number of nitro groups is 1. The van der Waals surface area contributed by atoms with Crippen LogP contribution in [-0.2, 0) is 6.42 Å². The van der Waals surface area contributed by atoms with Gasteiger partial charge in [-0.15, -0.1) is 0 Å². The van der Waals surface area contributed by atoms with Gasteiger partial charge in [0.1, 0.15) is 0 Å². The lowest BCUT2D eigenvalue weighted by atomic mass is 9.83. The Morgan fingerprint density at radius 1 is 1.03 bits per heavy atom. The first kappa shape index (κ1) is 21.7. The van der Waals surface area contributed by atoms with Crippen molar-refractivity contribution in [3.05, 3.63) is 135 Å². The zero-order valence-corrected chi connectivity index (χ0v) is 19.9. The van der Waals surface area contributed by atoms with Crippen molar-refractivity contribution in [1.82, 2.24) is 4.57 Å². The van der Waals surface area contributed by atoms with Crippen LogP contribution < -0.4 is 14.9 Å². The van der Waals surface area contributed by atoms with Crippen molar-refractivity contribution < 1.29 is 4.92 Å². The molecular weight excluding hydrogens is 482 g/mol. The first-order valence-electron chi connectivity index (χ1n) is 11.1. The van der Waals surface area contributed by atoms with Gasteiger partial charge in [-0.3, -0.25) is 19.5 Å². The number of halogens is 1. The summed E-state index contributed by atoms with van der Waals surface area (Å²) in [5, 5.41) is 11.6. The minimum absolute atomic E-state index is 0.00803. The number of hydrogen-bond acceptors (Lipinski definition) is 5. The van der Waals surface area contributed by atoms with Crippen molar-refractivity contribution in [3.8, 4) is 0 Å². The molecule has 0 radical (unpaired) electrons. The molecule has 4 aromatic rings. The molecular formula is C27H18ClN3O3S. The van der Waals surface area contributed by atoms with Crippen molar-refractivity contribution in [2.75, 3.05) is 0 Å². The number of rotatable bonds is 3. The molecule has 3 aromatic carbocycles. The number of thiazole rings is 1. The third kappa shape index (κ3) is 3.64. The zero-order chi connectivity index (χ0) is 24.1. The molecule has 0 saturated carbocycles. The summed E-state index contributed by atoms with van der Waals surface area (Å²) in [5.41, 5.74) is 5.79. The zero-order valence-electron chi connectivity index (χ0n) is 18.3. The molecule has 1 aliphatic heterocycles. The molecule has 35 heavy (non-hydrogen) atoms. The molecule has 1 atom stereocenters. The van der Waals surface area contributed by atoms with Crippen molar-refractivity contribution in [1.29, 1.82) is 0 Å². The number of aromatic nitrogens is 1. The summed E-state index contributed by atoms with van der Waals surface area (Å²) in [7, 11) is 0. The number of nitro benzene ring substituents is 1. The predicted molar refractivity (Wildman–Crippen MR) is 137 cm³/mol. The summed E-state index contributed by atoms with van der Waals surface area (Å²) in [5.74, 6) is 0. The van der Waals surface area contributed by atoms with Gasteiger partial charge in [0.15, 0.2) is 4.80 Å². The Hall–Kier alpha value is -3.81. The van der Waals surface area contributed by atoms with E-state index in [4.69, 9.17) is 16.6 Å². The van der Waals surface area contributed by atoms with E-state index in [1.165, 1.54) is 29.0 Å². The molecule has 0 N–H and O–H groups in total. The second-order valence-corrected chi connectivity index (χ2v) is 9.90. The van der Waals surface area contributed by atoms with Crippen molar-refractivity contribution in [2.45, 2.75) is 18.9 Å². The van der Waals surface area contributed by atoms with Gasteiger partial charge >= 0.3 is 0 Å². The summed E-state index contributed by atoms with van der Waals surface area (Å²) in [6.07, 6.45) is 3.42. The fourth-order valence-electron chi connectivity index (χ4n) is 4.84. The van der Waals surface area contributed by atoms with E-state index in [9.17, 15) is 14.9 Å². The molecule has 6 rings (SSSR count). The molecule has 1 unspecified atom stereocenters. The van der Waals surface area contributed by atoms with Gasteiger partial charge in [-0.05, 0) is 59.4 Å². The van der Waals surface area contributed by atoms with Crippen LogP contribution in [0.4, 0.5) is 5.69 Å². The number of hydrogen-bond donors (Lipinski definition) is 0. The smallest absolute Gasteiger partial charge is 0.271 e. The molecule has 0 amide bonds. The van der Waals surface area contributed by atoms with E-state index in [-0.39, 0.29) is 17.3 Å². The van der Waals surface area contributed by atoms with Gasteiger partial charge in [0.2, 0.25) is 0 Å². The first-order chi connectivity index (χ1) is 17.0. The molecule has 6 nitrogen and oxygen atoms in total. The highest BCUT2D eigenvalue weighted by molar-refractivity contribution is 7.07. The van der Waals surface area contributed by atoms with E-state index < -0.39 is 4.92 Å². The van der Waals surface area contributed by atoms with Crippen LogP contribution in [0.15, 0.2) is 88.2 Å². The summed E-state index contributed by atoms with van der Waals surface area (Å²) in [4.78, 5) is 29.9. The van der Waals surface area contributed by atoms with Crippen LogP contribution >= 0.6 is 22.9 Å². The minimum atomic E-state index is -0.441. The monoisotopic (exact) mass is 499 g/mol. The molecule has 2 heterocycles. The average molecular weight is 500 g/mol.